The zero-order chi connectivity index (χ0) is 19.4. The Labute approximate surface area is 164 Å². The minimum absolute atomic E-state index is 0.311. The molecule has 2 saturated carbocycles. The maximum absolute atomic E-state index is 6.04. The van der Waals surface area contributed by atoms with Gasteiger partial charge in [-0.05, 0) is 39.0 Å². The predicted octanol–water partition coefficient (Wildman–Crippen LogP) is 2.95. The van der Waals surface area contributed by atoms with Gasteiger partial charge in [-0.3, -0.25) is 9.67 Å². The van der Waals surface area contributed by atoms with Crippen LogP contribution in [0.15, 0.2) is 4.99 Å². The van der Waals surface area contributed by atoms with E-state index < -0.39 is 0 Å². The number of nitrogens with one attached hydrogen (secondary N) is 2. The van der Waals surface area contributed by atoms with Crippen LogP contribution in [0, 0.1) is 5.41 Å². The van der Waals surface area contributed by atoms with Crippen LogP contribution in [-0.2, 0) is 31.2 Å². The van der Waals surface area contributed by atoms with Gasteiger partial charge in [-0.2, -0.15) is 5.10 Å². The first-order valence-corrected chi connectivity index (χ1v) is 10.7. The predicted molar refractivity (Wildman–Crippen MR) is 110 cm³/mol. The lowest BCUT2D eigenvalue weighted by Crippen LogP contribution is -2.65. The Bertz CT molecular complexity index is 660. The van der Waals surface area contributed by atoms with Crippen molar-refractivity contribution in [2.24, 2.45) is 17.5 Å². The summed E-state index contributed by atoms with van der Waals surface area (Å²) in [4.78, 5) is 4.49. The van der Waals surface area contributed by atoms with E-state index in [0.717, 1.165) is 38.4 Å². The summed E-state index contributed by atoms with van der Waals surface area (Å²) < 4.78 is 8.07. The van der Waals surface area contributed by atoms with Crippen molar-refractivity contribution in [3.8, 4) is 0 Å². The molecule has 0 radical (unpaired) electrons. The smallest absolute Gasteiger partial charge is 0.191 e. The van der Waals surface area contributed by atoms with Crippen LogP contribution >= 0.6 is 0 Å². The highest BCUT2D eigenvalue weighted by molar-refractivity contribution is 5.80. The first kappa shape index (κ1) is 20.2. The number of guanidine groups is 1. The first-order chi connectivity index (χ1) is 13.1. The number of ether oxygens (including phenoxy) is 1. The summed E-state index contributed by atoms with van der Waals surface area (Å²) in [6.45, 7) is 8.05. The lowest BCUT2D eigenvalue weighted by atomic mass is 9.60. The molecule has 1 heterocycles. The molecule has 1 spiro atoms. The second-order valence-electron chi connectivity index (χ2n) is 7.95. The van der Waals surface area contributed by atoms with E-state index >= 15 is 0 Å². The number of nitrogens with zero attached hydrogens (tertiary/aromatic N) is 3. The minimum Gasteiger partial charge on any atom is -0.378 e. The van der Waals surface area contributed by atoms with Crippen molar-refractivity contribution in [2.75, 3.05) is 13.7 Å². The molecule has 2 N–H and O–H groups in total. The number of hydrogen-bond donors (Lipinski definition) is 2. The topological polar surface area (TPSA) is 63.5 Å². The molecule has 1 aromatic heterocycles. The van der Waals surface area contributed by atoms with Gasteiger partial charge in [-0.25, -0.2) is 0 Å². The highest BCUT2D eigenvalue weighted by atomic mass is 16.5. The molecule has 0 bridgehead atoms. The van der Waals surface area contributed by atoms with Gasteiger partial charge in [0.25, 0.3) is 0 Å². The van der Waals surface area contributed by atoms with E-state index in [4.69, 9.17) is 4.74 Å². The molecule has 2 fully saturated rings. The summed E-state index contributed by atoms with van der Waals surface area (Å²) >= 11 is 0. The van der Waals surface area contributed by atoms with Crippen LogP contribution in [0.4, 0.5) is 0 Å². The molecule has 6 nitrogen and oxygen atoms in total. The Balaban J connectivity index is 1.64. The second-order valence-corrected chi connectivity index (χ2v) is 7.95. The van der Waals surface area contributed by atoms with Gasteiger partial charge in [0, 0.05) is 50.0 Å². The maximum Gasteiger partial charge on any atom is 0.191 e. The average molecular weight is 376 g/mol. The third kappa shape index (κ3) is 3.73. The molecular formula is C21H37N5O. The number of aliphatic imine (C=N–C) groups is 1. The number of aromatic nitrogens is 2. The SMILES string of the molecule is CCOC1CC(NC(=NC)NCc2c(CC)nn(C)c2CC)C12CCCC2. The number of aryl methyl sites for hydroxylation is 2. The fraction of sp³-hybridized carbons (Fsp3) is 0.810. The van der Waals surface area contributed by atoms with Crippen molar-refractivity contribution >= 4 is 5.96 Å². The van der Waals surface area contributed by atoms with Gasteiger partial charge in [0.05, 0.1) is 11.8 Å². The van der Waals surface area contributed by atoms with Crippen LogP contribution in [0.1, 0.15) is 69.8 Å². The summed E-state index contributed by atoms with van der Waals surface area (Å²) in [5.41, 5.74) is 4.12. The van der Waals surface area contributed by atoms with Crippen LogP contribution in [-0.4, -0.2) is 41.5 Å². The Hall–Kier alpha value is -1.56. The van der Waals surface area contributed by atoms with Crippen molar-refractivity contribution in [3.63, 3.8) is 0 Å². The molecule has 0 saturated heterocycles. The van der Waals surface area contributed by atoms with Crippen LogP contribution in [0.3, 0.4) is 0 Å². The van der Waals surface area contributed by atoms with Crippen LogP contribution < -0.4 is 10.6 Å². The Kier molecular flexibility index (Phi) is 6.45. The van der Waals surface area contributed by atoms with E-state index in [0.29, 0.717) is 17.6 Å². The summed E-state index contributed by atoms with van der Waals surface area (Å²) in [5, 5.41) is 11.9. The Morgan fingerprint density at radius 1 is 1.26 bits per heavy atom. The fourth-order valence-corrected chi connectivity index (χ4v) is 5.21. The molecule has 1 aromatic rings. The minimum atomic E-state index is 0.311. The van der Waals surface area contributed by atoms with Gasteiger partial charge in [0.1, 0.15) is 0 Å². The molecule has 27 heavy (non-hydrogen) atoms. The molecule has 3 rings (SSSR count). The molecule has 2 unspecified atom stereocenters. The summed E-state index contributed by atoms with van der Waals surface area (Å²) in [7, 11) is 3.90. The highest BCUT2D eigenvalue weighted by Crippen LogP contribution is 2.54. The molecule has 2 aliphatic rings. The molecule has 2 aliphatic carbocycles. The van der Waals surface area contributed by atoms with Gasteiger partial charge in [0.2, 0.25) is 0 Å². The van der Waals surface area contributed by atoms with Crippen LogP contribution in [0.5, 0.6) is 0 Å². The van der Waals surface area contributed by atoms with Gasteiger partial charge in [-0.15, -0.1) is 0 Å². The van der Waals surface area contributed by atoms with Gasteiger partial charge in [0.15, 0.2) is 5.96 Å². The number of rotatable bonds is 7. The van der Waals surface area contributed by atoms with Gasteiger partial charge >= 0.3 is 0 Å². The Morgan fingerprint density at radius 3 is 2.59 bits per heavy atom. The van der Waals surface area contributed by atoms with E-state index in [9.17, 15) is 0 Å². The summed E-state index contributed by atoms with van der Waals surface area (Å²) in [6, 6.07) is 0.466. The maximum atomic E-state index is 6.04. The normalized spacial score (nSPS) is 24.3. The van der Waals surface area contributed by atoms with Crippen molar-refractivity contribution in [1.29, 1.82) is 0 Å². The van der Waals surface area contributed by atoms with Crippen molar-refractivity contribution in [1.82, 2.24) is 20.4 Å². The van der Waals surface area contributed by atoms with Crippen molar-refractivity contribution < 1.29 is 4.74 Å². The van der Waals surface area contributed by atoms with Gasteiger partial charge < -0.3 is 15.4 Å². The molecule has 6 heteroatoms. The van der Waals surface area contributed by atoms with Crippen LogP contribution in [0.25, 0.3) is 0 Å². The second kappa shape index (κ2) is 8.63. The standard InChI is InChI=1S/C21H37N5O/c1-6-16-15(17(7-2)26(5)25-16)14-23-20(22-4)24-18-13-19(27-8-3)21(18)11-9-10-12-21/h18-19H,6-14H2,1-5H3,(H2,22,23,24). The van der Waals surface area contributed by atoms with Crippen molar-refractivity contribution in [3.05, 3.63) is 17.0 Å². The lowest BCUT2D eigenvalue weighted by Gasteiger charge is -2.54. The largest absolute Gasteiger partial charge is 0.378 e. The van der Waals surface area contributed by atoms with Crippen molar-refractivity contribution in [2.45, 2.75) is 84.4 Å². The van der Waals surface area contributed by atoms with Crippen LogP contribution in [0.2, 0.25) is 0 Å². The van der Waals surface area contributed by atoms with E-state index in [1.807, 2.05) is 18.8 Å². The first-order valence-electron chi connectivity index (χ1n) is 10.7. The molecule has 0 amide bonds. The third-order valence-electron chi connectivity index (χ3n) is 6.68. The third-order valence-corrected chi connectivity index (χ3v) is 6.68. The Morgan fingerprint density at radius 2 is 2.00 bits per heavy atom. The zero-order valence-corrected chi connectivity index (χ0v) is 17.8. The highest BCUT2D eigenvalue weighted by Gasteiger charge is 2.56. The molecule has 0 aromatic carbocycles. The van der Waals surface area contributed by atoms with E-state index in [2.05, 4.69) is 41.5 Å². The fourth-order valence-electron chi connectivity index (χ4n) is 5.21. The summed E-state index contributed by atoms with van der Waals surface area (Å²) in [5.74, 6) is 0.897. The van der Waals surface area contributed by atoms with Gasteiger partial charge in [-0.1, -0.05) is 26.7 Å². The van der Waals surface area contributed by atoms with E-state index in [1.165, 1.54) is 42.6 Å². The quantitative estimate of drug-likeness (QED) is 0.568. The number of hydrogen-bond acceptors (Lipinski definition) is 3. The monoisotopic (exact) mass is 375 g/mol. The van der Waals surface area contributed by atoms with E-state index in [-0.39, 0.29) is 0 Å². The average Bonchev–Trinajstić information content (AvgIpc) is 3.29. The lowest BCUT2D eigenvalue weighted by molar-refractivity contribution is -0.125. The summed E-state index contributed by atoms with van der Waals surface area (Å²) in [6.07, 6.45) is 8.64. The molecule has 2 atom stereocenters. The molecular weight excluding hydrogens is 338 g/mol. The zero-order valence-electron chi connectivity index (χ0n) is 17.8. The van der Waals surface area contributed by atoms with E-state index in [1.54, 1.807) is 0 Å². The molecule has 0 aliphatic heterocycles. The molecule has 152 valence electrons.